The number of aromatic nitrogens is 4. The van der Waals surface area contributed by atoms with Crippen molar-refractivity contribution in [1.29, 1.82) is 0 Å². The normalized spacial score (nSPS) is 10.8. The fourth-order valence-electron chi connectivity index (χ4n) is 3.56. The second kappa shape index (κ2) is 8.92. The molecule has 33 heavy (non-hydrogen) atoms. The molecular weight excluding hydrogens is 416 g/mol. The van der Waals surface area contributed by atoms with Gasteiger partial charge in [0.2, 0.25) is 0 Å². The molecule has 0 radical (unpaired) electrons. The molecule has 3 aromatic heterocycles. The number of benzene rings is 2. The van der Waals surface area contributed by atoms with Gasteiger partial charge in [-0.3, -0.25) is 4.98 Å². The predicted molar refractivity (Wildman–Crippen MR) is 124 cm³/mol. The maximum absolute atomic E-state index is 13.2. The highest BCUT2D eigenvalue weighted by Gasteiger charge is 2.19. The Hall–Kier alpha value is -4.52. The third-order valence-corrected chi connectivity index (χ3v) is 5.25. The second-order valence-electron chi connectivity index (χ2n) is 7.38. The molecule has 162 valence electrons. The lowest BCUT2D eigenvalue weighted by Crippen LogP contribution is -2.10. The summed E-state index contributed by atoms with van der Waals surface area (Å²) in [4.78, 5) is 22.1. The lowest BCUT2D eigenvalue weighted by Gasteiger charge is -2.10. The Morgan fingerprint density at radius 3 is 2.39 bits per heavy atom. The largest absolute Gasteiger partial charge is 0.497 e. The molecule has 0 atom stereocenters. The van der Waals surface area contributed by atoms with Crippen LogP contribution in [-0.2, 0) is 6.54 Å². The van der Waals surface area contributed by atoms with E-state index in [2.05, 4.69) is 10.1 Å². The zero-order valence-corrected chi connectivity index (χ0v) is 17.9. The van der Waals surface area contributed by atoms with Gasteiger partial charge in [-0.05, 0) is 48.0 Å². The van der Waals surface area contributed by atoms with Crippen molar-refractivity contribution in [2.24, 2.45) is 0 Å². The van der Waals surface area contributed by atoms with Gasteiger partial charge in [-0.25, -0.2) is 14.5 Å². The number of ether oxygens (including phenoxy) is 2. The highest BCUT2D eigenvalue weighted by atomic mass is 16.5. The summed E-state index contributed by atoms with van der Waals surface area (Å²) in [6, 6.07) is 22.2. The van der Waals surface area contributed by atoms with Crippen LogP contribution in [0.3, 0.4) is 0 Å². The minimum atomic E-state index is -0.479. The molecule has 0 spiro atoms. The van der Waals surface area contributed by atoms with E-state index in [0.717, 1.165) is 11.1 Å². The minimum absolute atomic E-state index is 0.399. The van der Waals surface area contributed by atoms with E-state index in [9.17, 15) is 4.79 Å². The molecule has 0 unspecified atom stereocenters. The third kappa shape index (κ3) is 4.29. The minimum Gasteiger partial charge on any atom is -0.497 e. The van der Waals surface area contributed by atoms with Crippen LogP contribution in [0.25, 0.3) is 22.3 Å². The van der Waals surface area contributed by atoms with E-state index in [1.807, 2.05) is 42.5 Å². The van der Waals surface area contributed by atoms with Crippen LogP contribution >= 0.6 is 0 Å². The van der Waals surface area contributed by atoms with Crippen molar-refractivity contribution in [3.8, 4) is 22.8 Å². The maximum Gasteiger partial charge on any atom is 0.344 e. The lowest BCUT2D eigenvalue weighted by atomic mass is 10.1. The molecule has 7 heteroatoms. The third-order valence-electron chi connectivity index (χ3n) is 5.25. The van der Waals surface area contributed by atoms with Crippen LogP contribution in [0.2, 0.25) is 0 Å². The maximum atomic E-state index is 13.2. The standard InChI is InChI=1S/C26H20N4O3/c1-32-20-7-9-21(10-8-20)33-26(31)22-15-24(19-5-3-2-4-6-19)29-25-23(22)16-28-30(25)17-18-11-13-27-14-12-18/h2-16H,17H2,1H3. The number of rotatable bonds is 6. The van der Waals surface area contributed by atoms with Crippen molar-refractivity contribution in [3.63, 3.8) is 0 Å². The SMILES string of the molecule is COc1ccc(OC(=O)c2cc(-c3ccccc3)nc3c2cnn3Cc2ccncc2)cc1. The topological polar surface area (TPSA) is 79.1 Å². The molecule has 0 saturated heterocycles. The summed E-state index contributed by atoms with van der Waals surface area (Å²) in [6.45, 7) is 0.504. The van der Waals surface area contributed by atoms with Gasteiger partial charge in [0.1, 0.15) is 11.5 Å². The molecule has 0 aliphatic heterocycles. The number of methoxy groups -OCH3 is 1. The highest BCUT2D eigenvalue weighted by molar-refractivity contribution is 6.04. The van der Waals surface area contributed by atoms with E-state index in [1.165, 1.54) is 0 Å². The smallest absolute Gasteiger partial charge is 0.344 e. The molecule has 3 heterocycles. The van der Waals surface area contributed by atoms with Crippen molar-refractivity contribution in [1.82, 2.24) is 19.7 Å². The summed E-state index contributed by atoms with van der Waals surface area (Å²) < 4.78 is 12.6. The summed E-state index contributed by atoms with van der Waals surface area (Å²) in [5.41, 5.74) is 3.60. The van der Waals surface area contributed by atoms with Crippen LogP contribution in [-0.4, -0.2) is 32.8 Å². The number of carbonyl (C=O) groups excluding carboxylic acids is 1. The molecule has 0 fully saturated rings. The first kappa shape index (κ1) is 20.4. The monoisotopic (exact) mass is 436 g/mol. The molecule has 0 bridgehead atoms. The fourth-order valence-corrected chi connectivity index (χ4v) is 3.56. The first-order chi connectivity index (χ1) is 16.2. The van der Waals surface area contributed by atoms with Gasteiger partial charge in [-0.15, -0.1) is 0 Å². The van der Waals surface area contributed by atoms with Crippen LogP contribution < -0.4 is 9.47 Å². The average Bonchev–Trinajstić information content (AvgIpc) is 3.27. The van der Waals surface area contributed by atoms with Crippen molar-refractivity contribution >= 4 is 17.0 Å². The van der Waals surface area contributed by atoms with Crippen LogP contribution in [0.1, 0.15) is 15.9 Å². The Labute approximate surface area is 190 Å². The first-order valence-electron chi connectivity index (χ1n) is 10.4. The van der Waals surface area contributed by atoms with Crippen molar-refractivity contribution < 1.29 is 14.3 Å². The molecule has 7 nitrogen and oxygen atoms in total. The van der Waals surface area contributed by atoms with E-state index in [1.54, 1.807) is 60.7 Å². The number of fused-ring (bicyclic) bond motifs is 1. The number of hydrogen-bond acceptors (Lipinski definition) is 6. The van der Waals surface area contributed by atoms with Gasteiger partial charge in [0, 0.05) is 18.0 Å². The summed E-state index contributed by atoms with van der Waals surface area (Å²) in [5, 5.41) is 5.13. The zero-order chi connectivity index (χ0) is 22.6. The number of carbonyl (C=O) groups is 1. The van der Waals surface area contributed by atoms with Gasteiger partial charge >= 0.3 is 5.97 Å². The zero-order valence-electron chi connectivity index (χ0n) is 17.9. The van der Waals surface area contributed by atoms with Crippen LogP contribution in [0.5, 0.6) is 11.5 Å². The molecule has 0 saturated carbocycles. The average molecular weight is 436 g/mol. The number of nitrogens with zero attached hydrogens (tertiary/aromatic N) is 4. The fraction of sp³-hybridized carbons (Fsp3) is 0.0769. The molecule has 0 aliphatic rings. The quantitative estimate of drug-likeness (QED) is 0.282. The van der Waals surface area contributed by atoms with Crippen molar-refractivity contribution in [3.05, 3.63) is 103 Å². The Morgan fingerprint density at radius 2 is 1.67 bits per heavy atom. The first-order valence-corrected chi connectivity index (χ1v) is 10.4. The molecule has 5 rings (SSSR count). The van der Waals surface area contributed by atoms with Gasteiger partial charge in [0.05, 0.1) is 36.5 Å². The van der Waals surface area contributed by atoms with E-state index in [4.69, 9.17) is 14.5 Å². The van der Waals surface area contributed by atoms with Crippen LogP contribution in [0.4, 0.5) is 0 Å². The van der Waals surface area contributed by atoms with Crippen molar-refractivity contribution in [2.75, 3.05) is 7.11 Å². The molecular formula is C26H20N4O3. The molecule has 2 aromatic carbocycles. The van der Waals surface area contributed by atoms with Crippen molar-refractivity contribution in [2.45, 2.75) is 6.54 Å². The van der Waals surface area contributed by atoms with E-state index in [-0.39, 0.29) is 0 Å². The van der Waals surface area contributed by atoms with Gasteiger partial charge in [-0.2, -0.15) is 5.10 Å². The summed E-state index contributed by atoms with van der Waals surface area (Å²) >= 11 is 0. The lowest BCUT2D eigenvalue weighted by molar-refractivity contribution is 0.0736. The Balaban J connectivity index is 1.58. The van der Waals surface area contributed by atoms with Gasteiger partial charge in [0.25, 0.3) is 0 Å². The number of esters is 1. The molecule has 0 N–H and O–H groups in total. The Kier molecular flexibility index (Phi) is 5.51. The Morgan fingerprint density at radius 1 is 0.939 bits per heavy atom. The van der Waals surface area contributed by atoms with Gasteiger partial charge < -0.3 is 9.47 Å². The van der Waals surface area contributed by atoms with Crippen LogP contribution in [0, 0.1) is 0 Å². The molecule has 5 aromatic rings. The molecule has 0 amide bonds. The summed E-state index contributed by atoms with van der Waals surface area (Å²) in [5.74, 6) is 0.634. The predicted octanol–water partition coefficient (Wildman–Crippen LogP) is 4.77. The highest BCUT2D eigenvalue weighted by Crippen LogP contribution is 2.27. The number of pyridine rings is 2. The van der Waals surface area contributed by atoms with E-state index in [0.29, 0.717) is 40.3 Å². The second-order valence-corrected chi connectivity index (χ2v) is 7.38. The van der Waals surface area contributed by atoms with Gasteiger partial charge in [0.15, 0.2) is 5.65 Å². The van der Waals surface area contributed by atoms with E-state index < -0.39 is 5.97 Å². The number of hydrogen-bond donors (Lipinski definition) is 0. The summed E-state index contributed by atoms with van der Waals surface area (Å²) in [7, 11) is 1.59. The van der Waals surface area contributed by atoms with Crippen LogP contribution in [0.15, 0.2) is 91.4 Å². The van der Waals surface area contributed by atoms with Gasteiger partial charge in [-0.1, -0.05) is 30.3 Å². The summed E-state index contributed by atoms with van der Waals surface area (Å²) in [6.07, 6.45) is 5.13. The Bertz CT molecular complexity index is 1400. The van der Waals surface area contributed by atoms with E-state index >= 15 is 0 Å². The molecule has 0 aliphatic carbocycles.